The van der Waals surface area contributed by atoms with Gasteiger partial charge in [0.1, 0.15) is 6.61 Å². The number of nitrogens with zero attached hydrogens (tertiary/aromatic N) is 3. The fraction of sp³-hybridized carbons (Fsp3) is 0.385. The number of aromatic nitrogens is 2. The summed E-state index contributed by atoms with van der Waals surface area (Å²) in [5.41, 5.74) is 1.13. The zero-order chi connectivity index (χ0) is 13.1. The lowest BCUT2D eigenvalue weighted by Gasteiger charge is -2.15. The van der Waals surface area contributed by atoms with E-state index in [1.165, 1.54) is 24.6 Å². The van der Waals surface area contributed by atoms with Gasteiger partial charge < -0.3 is 9.64 Å². The summed E-state index contributed by atoms with van der Waals surface area (Å²) in [6.07, 6.45) is 2.45. The molecule has 0 unspecified atom stereocenters. The van der Waals surface area contributed by atoms with Crippen molar-refractivity contribution in [3.05, 3.63) is 34.3 Å². The molecule has 0 bridgehead atoms. The fourth-order valence-corrected chi connectivity index (χ4v) is 2.91. The molecular weight excluding hydrogens is 326 g/mol. The van der Waals surface area contributed by atoms with Crippen molar-refractivity contribution in [2.75, 3.05) is 18.0 Å². The predicted octanol–water partition coefficient (Wildman–Crippen LogP) is 3.48. The van der Waals surface area contributed by atoms with Crippen molar-refractivity contribution in [3.8, 4) is 5.88 Å². The van der Waals surface area contributed by atoms with Crippen LogP contribution in [0.1, 0.15) is 18.4 Å². The number of benzene rings is 1. The van der Waals surface area contributed by atoms with Gasteiger partial charge in [-0.15, -0.1) is 4.37 Å². The van der Waals surface area contributed by atoms with Gasteiger partial charge in [-0.25, -0.2) is 0 Å². The quantitative estimate of drug-likeness (QED) is 0.854. The monoisotopic (exact) mass is 339 g/mol. The van der Waals surface area contributed by atoms with Crippen molar-refractivity contribution in [2.24, 2.45) is 0 Å². The van der Waals surface area contributed by atoms with Gasteiger partial charge >= 0.3 is 0 Å². The van der Waals surface area contributed by atoms with Gasteiger partial charge in [-0.3, -0.25) is 0 Å². The number of hydrogen-bond acceptors (Lipinski definition) is 5. The second-order valence-electron chi connectivity index (χ2n) is 4.50. The highest BCUT2D eigenvalue weighted by atomic mass is 79.9. The molecule has 0 saturated carbocycles. The summed E-state index contributed by atoms with van der Waals surface area (Å²) in [5, 5.41) is 0. The van der Waals surface area contributed by atoms with Crippen LogP contribution >= 0.6 is 27.7 Å². The number of hydrogen-bond donors (Lipinski definition) is 0. The number of ether oxygens (including phenoxy) is 1. The van der Waals surface area contributed by atoms with Gasteiger partial charge in [-0.05, 0) is 30.5 Å². The molecule has 0 aliphatic carbocycles. The van der Waals surface area contributed by atoms with Gasteiger partial charge in [0.15, 0.2) is 0 Å². The fourth-order valence-electron chi connectivity index (χ4n) is 2.12. The molecule has 1 aromatic heterocycles. The van der Waals surface area contributed by atoms with Crippen molar-refractivity contribution < 1.29 is 4.74 Å². The Hall–Kier alpha value is -1.14. The minimum atomic E-state index is 0.527. The summed E-state index contributed by atoms with van der Waals surface area (Å²) in [7, 11) is 0. The van der Waals surface area contributed by atoms with Crippen LogP contribution in [0, 0.1) is 0 Å². The molecule has 0 N–H and O–H groups in total. The first-order valence-electron chi connectivity index (χ1n) is 6.28. The first-order valence-corrected chi connectivity index (χ1v) is 7.80. The molecule has 1 aliphatic heterocycles. The number of anilines is 1. The maximum absolute atomic E-state index is 5.80. The van der Waals surface area contributed by atoms with Gasteiger partial charge in [0, 0.05) is 17.6 Å². The van der Waals surface area contributed by atoms with E-state index in [9.17, 15) is 0 Å². The highest BCUT2D eigenvalue weighted by Crippen LogP contribution is 2.29. The van der Waals surface area contributed by atoms with Crippen LogP contribution in [0.2, 0.25) is 0 Å². The molecule has 6 heteroatoms. The lowest BCUT2D eigenvalue weighted by Crippen LogP contribution is -2.18. The van der Waals surface area contributed by atoms with Crippen molar-refractivity contribution in [1.82, 2.24) is 8.75 Å². The van der Waals surface area contributed by atoms with Crippen molar-refractivity contribution in [1.29, 1.82) is 0 Å². The molecule has 100 valence electrons. The van der Waals surface area contributed by atoms with E-state index in [4.69, 9.17) is 4.74 Å². The van der Waals surface area contributed by atoms with Crippen LogP contribution in [0.4, 0.5) is 5.82 Å². The molecule has 3 rings (SSSR count). The third kappa shape index (κ3) is 3.06. The first kappa shape index (κ1) is 12.9. The Bertz CT molecular complexity index is 537. The smallest absolute Gasteiger partial charge is 0.271 e. The van der Waals surface area contributed by atoms with E-state index in [0.717, 1.165) is 28.9 Å². The predicted molar refractivity (Wildman–Crippen MR) is 79.8 cm³/mol. The van der Waals surface area contributed by atoms with E-state index in [2.05, 4.69) is 29.6 Å². The van der Waals surface area contributed by atoms with Crippen LogP contribution in [-0.4, -0.2) is 21.8 Å². The highest BCUT2D eigenvalue weighted by Gasteiger charge is 2.20. The summed E-state index contributed by atoms with van der Waals surface area (Å²) in [6, 6.07) is 8.11. The molecule has 19 heavy (non-hydrogen) atoms. The van der Waals surface area contributed by atoms with Gasteiger partial charge in [0.25, 0.3) is 5.88 Å². The Morgan fingerprint density at radius 3 is 2.63 bits per heavy atom. The van der Waals surface area contributed by atoms with E-state index in [-0.39, 0.29) is 0 Å². The molecule has 1 saturated heterocycles. The Kier molecular flexibility index (Phi) is 3.98. The third-order valence-electron chi connectivity index (χ3n) is 3.14. The standard InChI is InChI=1S/C13H14BrN3OS/c14-11-5-3-10(4-6-11)9-18-13-12(15-19-16-13)17-7-1-2-8-17/h3-6H,1-2,7-9H2. The largest absolute Gasteiger partial charge is 0.470 e. The average Bonchev–Trinajstić information content (AvgIpc) is 3.08. The maximum Gasteiger partial charge on any atom is 0.271 e. The Morgan fingerprint density at radius 2 is 1.89 bits per heavy atom. The Labute approximate surface area is 124 Å². The molecule has 1 aliphatic rings. The van der Waals surface area contributed by atoms with E-state index in [1.807, 2.05) is 24.3 Å². The molecule has 0 radical (unpaired) electrons. The van der Waals surface area contributed by atoms with Crippen molar-refractivity contribution in [3.63, 3.8) is 0 Å². The van der Waals surface area contributed by atoms with Crippen LogP contribution in [0.5, 0.6) is 5.88 Å². The van der Waals surface area contributed by atoms with E-state index in [1.54, 1.807) is 0 Å². The lowest BCUT2D eigenvalue weighted by molar-refractivity contribution is 0.297. The van der Waals surface area contributed by atoms with Gasteiger partial charge in [0.05, 0.1) is 11.7 Å². The zero-order valence-electron chi connectivity index (χ0n) is 10.4. The summed E-state index contributed by atoms with van der Waals surface area (Å²) in [4.78, 5) is 2.25. The van der Waals surface area contributed by atoms with Crippen molar-refractivity contribution in [2.45, 2.75) is 19.4 Å². The molecule has 2 aromatic rings. The van der Waals surface area contributed by atoms with Crippen LogP contribution < -0.4 is 9.64 Å². The lowest BCUT2D eigenvalue weighted by atomic mass is 10.2. The molecule has 1 aromatic carbocycles. The highest BCUT2D eigenvalue weighted by molar-refractivity contribution is 9.10. The molecule has 0 spiro atoms. The Morgan fingerprint density at radius 1 is 1.16 bits per heavy atom. The zero-order valence-corrected chi connectivity index (χ0v) is 12.8. The minimum Gasteiger partial charge on any atom is -0.470 e. The van der Waals surface area contributed by atoms with Gasteiger partial charge in [-0.2, -0.15) is 4.37 Å². The minimum absolute atomic E-state index is 0.527. The van der Waals surface area contributed by atoms with E-state index in [0.29, 0.717) is 12.5 Å². The van der Waals surface area contributed by atoms with Gasteiger partial charge in [0.2, 0.25) is 5.82 Å². The molecule has 1 fully saturated rings. The molecule has 4 nitrogen and oxygen atoms in total. The maximum atomic E-state index is 5.80. The SMILES string of the molecule is Brc1ccc(COc2nsnc2N2CCCC2)cc1. The molecule has 2 heterocycles. The number of rotatable bonds is 4. The van der Waals surface area contributed by atoms with Crippen LogP contribution in [0.3, 0.4) is 0 Å². The molecular formula is C13H14BrN3OS. The summed E-state index contributed by atoms with van der Waals surface area (Å²) in [5.74, 6) is 1.56. The van der Waals surface area contributed by atoms with Crippen molar-refractivity contribution >= 4 is 33.5 Å². The average molecular weight is 340 g/mol. The van der Waals surface area contributed by atoms with E-state index < -0.39 is 0 Å². The molecule has 0 atom stereocenters. The summed E-state index contributed by atoms with van der Waals surface area (Å²) < 4.78 is 15.5. The second kappa shape index (κ2) is 5.88. The van der Waals surface area contributed by atoms with Gasteiger partial charge in [-0.1, -0.05) is 28.1 Å². The van der Waals surface area contributed by atoms with E-state index >= 15 is 0 Å². The summed E-state index contributed by atoms with van der Waals surface area (Å²) >= 11 is 4.64. The third-order valence-corrected chi connectivity index (χ3v) is 4.17. The van der Waals surface area contributed by atoms with Crippen LogP contribution in [0.25, 0.3) is 0 Å². The van der Waals surface area contributed by atoms with Crippen LogP contribution in [-0.2, 0) is 6.61 Å². The number of halogens is 1. The van der Waals surface area contributed by atoms with Crippen LogP contribution in [0.15, 0.2) is 28.7 Å². The molecule has 0 amide bonds. The first-order chi connectivity index (χ1) is 9.33. The normalized spacial score (nSPS) is 14.9. The Balaban J connectivity index is 1.66. The summed E-state index contributed by atoms with van der Waals surface area (Å²) in [6.45, 7) is 2.64. The second-order valence-corrected chi connectivity index (χ2v) is 5.95. The topological polar surface area (TPSA) is 38.3 Å².